The molecule has 1 saturated heterocycles. The maximum atomic E-state index is 12.5. The molecule has 0 spiro atoms. The second kappa shape index (κ2) is 9.80. The summed E-state index contributed by atoms with van der Waals surface area (Å²) in [6.07, 6.45) is 5.86. The monoisotopic (exact) mass is 432 g/mol. The average molecular weight is 433 g/mol. The van der Waals surface area contributed by atoms with E-state index in [2.05, 4.69) is 15.6 Å². The minimum absolute atomic E-state index is 0.236. The lowest BCUT2D eigenvalue weighted by molar-refractivity contribution is -0.128. The molecule has 31 heavy (non-hydrogen) atoms. The van der Waals surface area contributed by atoms with Crippen LogP contribution in [-0.4, -0.2) is 58.3 Å². The molecule has 0 radical (unpaired) electrons. The molecule has 2 N–H and O–H groups in total. The number of nitrogens with one attached hydrogen (secondary N) is 2. The molecule has 9 heteroatoms. The highest BCUT2D eigenvalue weighted by atomic mass is 16.6. The molecule has 9 nitrogen and oxygen atoms in total. The number of carbonyl (C=O) groups excluding carboxylic acids is 3. The van der Waals surface area contributed by atoms with Gasteiger partial charge in [0.05, 0.1) is 5.69 Å². The predicted molar refractivity (Wildman–Crippen MR) is 117 cm³/mol. The highest BCUT2D eigenvalue weighted by Gasteiger charge is 2.34. The number of nitrogens with zero attached hydrogens (tertiary/aromatic N) is 2. The summed E-state index contributed by atoms with van der Waals surface area (Å²) in [4.78, 5) is 42.5. The fourth-order valence-corrected chi connectivity index (χ4v) is 2.88. The van der Waals surface area contributed by atoms with E-state index in [-0.39, 0.29) is 12.3 Å². The highest BCUT2D eigenvalue weighted by Crippen LogP contribution is 2.20. The standard InChI is InChI=1S/C22H32N4O5/c1-21(2,3)30-19(28)25-16-10-11-23-14-15(16)8-7-9-17-18(27)24-12-13-26(17)20(29)31-22(4,5)6/h7-8,10-11,14,17H,9,12-13H2,1-6H3,(H,24,27)(H,23,25,28). The Morgan fingerprint density at radius 2 is 1.90 bits per heavy atom. The van der Waals surface area contributed by atoms with Gasteiger partial charge < -0.3 is 14.8 Å². The van der Waals surface area contributed by atoms with Crippen molar-refractivity contribution in [2.75, 3.05) is 18.4 Å². The van der Waals surface area contributed by atoms with Gasteiger partial charge in [-0.3, -0.25) is 20.0 Å². The lowest BCUT2D eigenvalue weighted by Gasteiger charge is -2.35. The van der Waals surface area contributed by atoms with Crippen LogP contribution in [0.15, 0.2) is 24.5 Å². The van der Waals surface area contributed by atoms with Gasteiger partial charge in [-0.1, -0.05) is 12.2 Å². The third-order valence-corrected chi connectivity index (χ3v) is 4.10. The lowest BCUT2D eigenvalue weighted by Crippen LogP contribution is -2.57. The summed E-state index contributed by atoms with van der Waals surface area (Å²) in [6, 6.07) is 0.975. The van der Waals surface area contributed by atoms with Gasteiger partial charge in [-0.15, -0.1) is 0 Å². The van der Waals surface area contributed by atoms with Crippen molar-refractivity contribution < 1.29 is 23.9 Å². The Morgan fingerprint density at radius 3 is 2.55 bits per heavy atom. The second-order valence-corrected chi connectivity index (χ2v) is 9.21. The van der Waals surface area contributed by atoms with Gasteiger partial charge in [-0.05, 0) is 54.0 Å². The van der Waals surface area contributed by atoms with Gasteiger partial charge in [-0.2, -0.15) is 0 Å². The number of ether oxygens (including phenoxy) is 2. The van der Waals surface area contributed by atoms with Gasteiger partial charge in [0.15, 0.2) is 0 Å². The number of amides is 3. The summed E-state index contributed by atoms with van der Waals surface area (Å²) in [5, 5.41) is 5.48. The first-order chi connectivity index (χ1) is 14.4. The Hall–Kier alpha value is -3.10. The van der Waals surface area contributed by atoms with Crippen molar-refractivity contribution in [3.63, 3.8) is 0 Å². The van der Waals surface area contributed by atoms with E-state index >= 15 is 0 Å². The van der Waals surface area contributed by atoms with E-state index in [1.54, 1.807) is 72.2 Å². The number of piperazine rings is 1. The summed E-state index contributed by atoms with van der Waals surface area (Å²) in [5.41, 5.74) is -0.0957. The molecule has 1 aromatic heterocycles. The molecule has 1 aliphatic heterocycles. The minimum atomic E-state index is -0.682. The molecule has 0 bridgehead atoms. The lowest BCUT2D eigenvalue weighted by atomic mass is 10.1. The van der Waals surface area contributed by atoms with Crippen molar-refractivity contribution >= 4 is 29.9 Å². The van der Waals surface area contributed by atoms with Crippen molar-refractivity contribution in [1.29, 1.82) is 0 Å². The molecule has 1 aliphatic rings. The molecule has 1 fully saturated rings. The van der Waals surface area contributed by atoms with Crippen LogP contribution in [0.4, 0.5) is 15.3 Å². The number of pyridine rings is 1. The van der Waals surface area contributed by atoms with Crippen LogP contribution in [0.3, 0.4) is 0 Å². The van der Waals surface area contributed by atoms with Crippen LogP contribution in [-0.2, 0) is 14.3 Å². The maximum Gasteiger partial charge on any atom is 0.412 e. The Balaban J connectivity index is 2.10. The van der Waals surface area contributed by atoms with Gasteiger partial charge >= 0.3 is 12.2 Å². The first kappa shape index (κ1) is 24.2. The van der Waals surface area contributed by atoms with Crippen LogP contribution < -0.4 is 10.6 Å². The van der Waals surface area contributed by atoms with E-state index in [1.165, 1.54) is 4.90 Å². The van der Waals surface area contributed by atoms with Crippen LogP contribution in [0.5, 0.6) is 0 Å². The first-order valence-corrected chi connectivity index (χ1v) is 10.2. The summed E-state index contributed by atoms with van der Waals surface area (Å²) >= 11 is 0. The van der Waals surface area contributed by atoms with Crippen molar-refractivity contribution in [3.8, 4) is 0 Å². The normalized spacial score (nSPS) is 17.3. The molecule has 0 aromatic carbocycles. The number of aromatic nitrogens is 1. The van der Waals surface area contributed by atoms with E-state index in [0.717, 1.165) is 0 Å². The SMILES string of the molecule is CC(C)(C)OC(=O)Nc1ccncc1C=CCC1C(=O)NCCN1C(=O)OC(C)(C)C. The predicted octanol–water partition coefficient (Wildman–Crippen LogP) is 3.57. The quantitative estimate of drug-likeness (QED) is 0.753. The fraction of sp³-hybridized carbons (Fsp3) is 0.545. The molecular formula is C22H32N4O5. The van der Waals surface area contributed by atoms with E-state index in [1.807, 2.05) is 0 Å². The fourth-order valence-electron chi connectivity index (χ4n) is 2.88. The van der Waals surface area contributed by atoms with Crippen LogP contribution in [0.25, 0.3) is 6.08 Å². The summed E-state index contributed by atoms with van der Waals surface area (Å²) < 4.78 is 10.7. The third kappa shape index (κ3) is 7.92. The highest BCUT2D eigenvalue weighted by molar-refractivity contribution is 5.88. The molecule has 1 unspecified atom stereocenters. The Labute approximate surface area is 183 Å². The van der Waals surface area contributed by atoms with E-state index in [4.69, 9.17) is 9.47 Å². The first-order valence-electron chi connectivity index (χ1n) is 10.2. The van der Waals surface area contributed by atoms with E-state index < -0.39 is 29.4 Å². The topological polar surface area (TPSA) is 110 Å². The van der Waals surface area contributed by atoms with E-state index in [9.17, 15) is 14.4 Å². The van der Waals surface area contributed by atoms with Crippen LogP contribution in [0.2, 0.25) is 0 Å². The molecule has 0 saturated carbocycles. The Morgan fingerprint density at radius 1 is 1.23 bits per heavy atom. The van der Waals surface area contributed by atoms with Crippen molar-refractivity contribution in [2.45, 2.75) is 65.2 Å². The molecule has 1 aromatic rings. The zero-order chi connectivity index (χ0) is 23.2. The Kier molecular flexibility index (Phi) is 7.65. The molecule has 2 heterocycles. The van der Waals surface area contributed by atoms with Crippen LogP contribution >= 0.6 is 0 Å². The number of hydrogen-bond acceptors (Lipinski definition) is 6. The van der Waals surface area contributed by atoms with Gasteiger partial charge in [0, 0.05) is 31.0 Å². The molecule has 3 amide bonds. The largest absolute Gasteiger partial charge is 0.444 e. The maximum absolute atomic E-state index is 12.5. The van der Waals surface area contributed by atoms with Crippen molar-refractivity contribution in [2.24, 2.45) is 0 Å². The van der Waals surface area contributed by atoms with Gasteiger partial charge in [0.1, 0.15) is 17.2 Å². The summed E-state index contributed by atoms with van der Waals surface area (Å²) in [6.45, 7) is 11.5. The van der Waals surface area contributed by atoms with Gasteiger partial charge in [0.25, 0.3) is 0 Å². The molecule has 2 rings (SSSR count). The van der Waals surface area contributed by atoms with Crippen molar-refractivity contribution in [3.05, 3.63) is 30.1 Å². The number of carbonyl (C=O) groups is 3. The molecular weight excluding hydrogens is 400 g/mol. The second-order valence-electron chi connectivity index (χ2n) is 9.21. The van der Waals surface area contributed by atoms with Gasteiger partial charge in [-0.25, -0.2) is 9.59 Å². The smallest absolute Gasteiger partial charge is 0.412 e. The average Bonchev–Trinajstić information content (AvgIpc) is 2.61. The minimum Gasteiger partial charge on any atom is -0.444 e. The van der Waals surface area contributed by atoms with Crippen molar-refractivity contribution in [1.82, 2.24) is 15.2 Å². The number of anilines is 1. The third-order valence-electron chi connectivity index (χ3n) is 4.10. The summed E-state index contributed by atoms with van der Waals surface area (Å²) in [5.74, 6) is -0.236. The molecule has 0 aliphatic carbocycles. The van der Waals surface area contributed by atoms with Crippen LogP contribution in [0.1, 0.15) is 53.5 Å². The van der Waals surface area contributed by atoms with Gasteiger partial charge in [0.2, 0.25) is 5.91 Å². The molecule has 170 valence electrons. The molecule has 1 atom stereocenters. The zero-order valence-corrected chi connectivity index (χ0v) is 19.0. The zero-order valence-electron chi connectivity index (χ0n) is 19.0. The van der Waals surface area contributed by atoms with Crippen LogP contribution in [0, 0.1) is 0 Å². The van der Waals surface area contributed by atoms with E-state index in [0.29, 0.717) is 24.3 Å². The summed E-state index contributed by atoms with van der Waals surface area (Å²) in [7, 11) is 0. The Bertz CT molecular complexity index is 839. The number of hydrogen-bond donors (Lipinski definition) is 2. The number of rotatable bonds is 4.